The summed E-state index contributed by atoms with van der Waals surface area (Å²) in [7, 11) is -1.17. The third kappa shape index (κ3) is 8.31. The Hall–Kier alpha value is -3.40. The van der Waals surface area contributed by atoms with Gasteiger partial charge in [0.15, 0.2) is 5.65 Å². The molecule has 202 valence electrons. The number of halogens is 3. The fourth-order valence-corrected chi connectivity index (χ4v) is 4.09. The van der Waals surface area contributed by atoms with Crippen LogP contribution >= 0.6 is 0 Å². The van der Waals surface area contributed by atoms with Gasteiger partial charge in [0.1, 0.15) is 12.4 Å². The molecule has 0 saturated carbocycles. The van der Waals surface area contributed by atoms with Crippen LogP contribution in [0.1, 0.15) is 39.1 Å². The minimum absolute atomic E-state index is 0.0100. The van der Waals surface area contributed by atoms with Crippen molar-refractivity contribution in [3.63, 3.8) is 0 Å². The lowest BCUT2D eigenvalue weighted by molar-refractivity contribution is -0.192. The predicted octanol–water partition coefficient (Wildman–Crippen LogP) is 5.50. The number of nitriles is 1. The highest BCUT2D eigenvalue weighted by molar-refractivity contribution is 6.76. The number of hydrogen-bond acceptors (Lipinski definition) is 6. The van der Waals surface area contributed by atoms with E-state index in [1.807, 2.05) is 36.3 Å². The van der Waals surface area contributed by atoms with Crippen LogP contribution in [-0.2, 0) is 4.79 Å². The van der Waals surface area contributed by atoms with E-state index in [1.165, 1.54) is 0 Å². The number of carboxylic acid groups (broad SMARTS) is 1. The maximum Gasteiger partial charge on any atom is 0.490 e. The highest BCUT2D eigenvalue weighted by atomic mass is 28.3. The maximum absolute atomic E-state index is 10.6. The molecular weight excluding hydrogens is 505 g/mol. The van der Waals surface area contributed by atoms with E-state index >= 15 is 0 Å². The van der Waals surface area contributed by atoms with Crippen LogP contribution < -0.4 is 4.84 Å². The number of carbonyl (C=O) groups is 1. The van der Waals surface area contributed by atoms with Gasteiger partial charge in [0, 0.05) is 31.4 Å². The van der Waals surface area contributed by atoms with Crippen molar-refractivity contribution in [2.24, 2.45) is 5.41 Å². The smallest absolute Gasteiger partial charge is 0.475 e. The van der Waals surface area contributed by atoms with Crippen LogP contribution in [0.25, 0.3) is 22.3 Å². The number of rotatable bonds is 7. The Morgan fingerprint density at radius 2 is 1.86 bits per heavy atom. The summed E-state index contributed by atoms with van der Waals surface area (Å²) in [6.07, 6.45) is 1.04. The third-order valence-electron chi connectivity index (χ3n) is 5.43. The van der Waals surface area contributed by atoms with E-state index in [9.17, 15) is 18.4 Å². The van der Waals surface area contributed by atoms with Gasteiger partial charge in [0.2, 0.25) is 0 Å². The first-order chi connectivity index (χ1) is 16.9. The van der Waals surface area contributed by atoms with Crippen molar-refractivity contribution in [2.45, 2.75) is 72.0 Å². The zero-order chi connectivity index (χ0) is 28.2. The van der Waals surface area contributed by atoms with Gasteiger partial charge in [-0.3, -0.25) is 4.68 Å². The lowest BCUT2D eigenvalue weighted by Gasteiger charge is -2.28. The van der Waals surface area contributed by atoms with Gasteiger partial charge in [0.25, 0.3) is 0 Å². The zero-order valence-corrected chi connectivity index (χ0v) is 23.1. The van der Waals surface area contributed by atoms with Gasteiger partial charge in [-0.05, 0) is 24.4 Å². The predicted molar refractivity (Wildman–Crippen MR) is 135 cm³/mol. The van der Waals surface area contributed by atoms with Gasteiger partial charge >= 0.3 is 12.1 Å². The van der Waals surface area contributed by atoms with Gasteiger partial charge in [-0.15, -0.1) is 0 Å². The molecule has 1 atom stereocenters. The summed E-state index contributed by atoms with van der Waals surface area (Å²) in [4.78, 5) is 24.2. The number of aliphatic carboxylic acids is 1. The van der Waals surface area contributed by atoms with Crippen molar-refractivity contribution in [1.29, 1.82) is 5.26 Å². The molecule has 0 aliphatic rings. The molecule has 0 aliphatic carbocycles. The number of hydrogen-bond donors (Lipinski definition) is 1. The molecule has 0 saturated heterocycles. The number of aryl methyl sites for hydroxylation is 1. The number of alkyl halides is 3. The normalized spacial score (nSPS) is 13.0. The second-order valence-corrected chi connectivity index (χ2v) is 16.5. The molecule has 0 spiro atoms. The Morgan fingerprint density at radius 1 is 1.24 bits per heavy atom. The van der Waals surface area contributed by atoms with Gasteiger partial charge in [-0.2, -0.15) is 28.3 Å². The summed E-state index contributed by atoms with van der Waals surface area (Å²) >= 11 is 0. The number of nitrogens with zero attached hydrogens (tertiary/aromatic N) is 6. The van der Waals surface area contributed by atoms with Crippen LogP contribution in [0.5, 0.6) is 0 Å². The van der Waals surface area contributed by atoms with Crippen LogP contribution in [0, 0.1) is 23.7 Å². The van der Waals surface area contributed by atoms with Gasteiger partial charge in [0.05, 0.1) is 30.4 Å². The molecular formula is C24H33F3N6O3Si. The summed E-state index contributed by atoms with van der Waals surface area (Å²) in [6.45, 7) is 16.0. The average molecular weight is 539 g/mol. The molecule has 0 amide bonds. The van der Waals surface area contributed by atoms with E-state index in [2.05, 4.69) is 56.6 Å². The molecule has 0 aliphatic heterocycles. The largest absolute Gasteiger partial charge is 0.490 e. The van der Waals surface area contributed by atoms with E-state index in [-0.39, 0.29) is 11.5 Å². The van der Waals surface area contributed by atoms with Gasteiger partial charge in [-0.25, -0.2) is 14.8 Å². The van der Waals surface area contributed by atoms with Crippen LogP contribution in [0.3, 0.4) is 0 Å². The minimum atomic E-state index is -5.08. The molecule has 0 aromatic carbocycles. The molecule has 13 heteroatoms. The van der Waals surface area contributed by atoms with Crippen molar-refractivity contribution in [1.82, 2.24) is 24.5 Å². The van der Waals surface area contributed by atoms with Crippen molar-refractivity contribution < 1.29 is 27.9 Å². The van der Waals surface area contributed by atoms with E-state index in [0.29, 0.717) is 18.9 Å². The lowest BCUT2D eigenvalue weighted by Crippen LogP contribution is -2.25. The second kappa shape index (κ2) is 11.3. The average Bonchev–Trinajstić information content (AvgIpc) is 3.37. The fourth-order valence-electron chi connectivity index (χ4n) is 3.39. The minimum Gasteiger partial charge on any atom is -0.475 e. The fraction of sp³-hybridized carbons (Fsp3) is 0.542. The molecule has 3 heterocycles. The highest BCUT2D eigenvalue weighted by Gasteiger charge is 2.38. The molecule has 37 heavy (non-hydrogen) atoms. The number of carboxylic acids is 1. The molecule has 3 rings (SSSR count). The van der Waals surface area contributed by atoms with Gasteiger partial charge < -0.3 is 9.94 Å². The molecule has 3 aromatic heterocycles. The zero-order valence-electron chi connectivity index (χ0n) is 22.1. The van der Waals surface area contributed by atoms with Crippen molar-refractivity contribution in [3.8, 4) is 17.3 Å². The number of fused-ring (bicyclic) bond motifs is 1. The van der Waals surface area contributed by atoms with Crippen LogP contribution in [-0.4, -0.2) is 56.4 Å². The second-order valence-electron chi connectivity index (χ2n) is 10.9. The highest BCUT2D eigenvalue weighted by Crippen LogP contribution is 2.34. The number of aromatic nitrogens is 5. The molecule has 9 nitrogen and oxygen atoms in total. The maximum atomic E-state index is 10.6. The third-order valence-corrected chi connectivity index (χ3v) is 7.13. The van der Waals surface area contributed by atoms with Crippen LogP contribution in [0.4, 0.5) is 13.2 Å². The molecule has 0 fully saturated rings. The molecule has 0 radical (unpaired) electrons. The Bertz CT molecular complexity index is 1270. The van der Waals surface area contributed by atoms with E-state index in [1.54, 1.807) is 4.73 Å². The first kappa shape index (κ1) is 29.8. The summed E-state index contributed by atoms with van der Waals surface area (Å²) in [5.41, 5.74) is 2.44. The van der Waals surface area contributed by atoms with E-state index < -0.39 is 20.2 Å². The van der Waals surface area contributed by atoms with Gasteiger partial charge in [-0.1, -0.05) is 40.4 Å². The first-order valence-corrected chi connectivity index (χ1v) is 15.4. The standard InChI is InChI=1S/C22H32N6OSi.C2HF3O2/c1-16-25-20(17-14-24-27(15-17)19(8-10-23)22(2,3)4)18-9-11-28(21(18)26-16)29-12-13-30(5,6)7;3-2(4,5)1(6)7/h9,11,14-15,19H,8,12-13H2,1-7H3;(H,6,7)/t19-;/m1./s1. The van der Waals surface area contributed by atoms with Crippen molar-refractivity contribution >= 4 is 25.1 Å². The SMILES string of the molecule is Cc1nc(-c2cnn([C@H](CC#N)C(C)(C)C)c2)c2ccn(OCC[Si](C)(C)C)c2n1.O=C(O)C(F)(F)F. The molecule has 1 N–H and O–H groups in total. The Balaban J connectivity index is 0.000000604. The molecule has 0 unspecified atom stereocenters. The Morgan fingerprint density at radius 3 is 2.38 bits per heavy atom. The van der Waals surface area contributed by atoms with Crippen molar-refractivity contribution in [2.75, 3.05) is 6.61 Å². The Labute approximate surface area is 214 Å². The molecule has 0 bridgehead atoms. The summed E-state index contributed by atoms with van der Waals surface area (Å²) in [5.74, 6) is -2.07. The quantitative estimate of drug-likeness (QED) is 0.394. The van der Waals surface area contributed by atoms with Crippen molar-refractivity contribution in [3.05, 3.63) is 30.5 Å². The Kier molecular flexibility index (Phi) is 9.13. The van der Waals surface area contributed by atoms with E-state index in [0.717, 1.165) is 28.3 Å². The van der Waals surface area contributed by atoms with Crippen LogP contribution in [0.2, 0.25) is 25.7 Å². The monoisotopic (exact) mass is 538 g/mol. The summed E-state index contributed by atoms with van der Waals surface area (Å²) < 4.78 is 35.4. The summed E-state index contributed by atoms with van der Waals surface area (Å²) in [6, 6.07) is 5.36. The summed E-state index contributed by atoms with van der Waals surface area (Å²) in [5, 5.41) is 21.9. The first-order valence-electron chi connectivity index (χ1n) is 11.6. The topological polar surface area (TPSA) is 119 Å². The molecule has 3 aromatic rings. The van der Waals surface area contributed by atoms with E-state index in [4.69, 9.17) is 19.7 Å². The lowest BCUT2D eigenvalue weighted by atomic mass is 9.85. The van der Waals surface area contributed by atoms with Crippen LogP contribution in [0.15, 0.2) is 24.7 Å².